The van der Waals surface area contributed by atoms with Gasteiger partial charge in [-0.2, -0.15) is 0 Å². The molecule has 0 saturated carbocycles. The second-order valence-electron chi connectivity index (χ2n) is 2.97. The van der Waals surface area contributed by atoms with Crippen LogP contribution in [0.15, 0.2) is 0 Å². The van der Waals surface area contributed by atoms with Crippen molar-refractivity contribution in [3.63, 3.8) is 0 Å². The second-order valence-corrected chi connectivity index (χ2v) is 2.97. The number of carboxylic acid groups (broad SMARTS) is 1. The Morgan fingerprint density at radius 2 is 1.83 bits per heavy atom. The molecule has 0 radical (unpaired) electrons. The van der Waals surface area contributed by atoms with Crippen LogP contribution in [0.4, 0.5) is 0 Å². The molecule has 0 heterocycles. The zero-order chi connectivity index (χ0) is 10.2. The van der Waals surface area contributed by atoms with E-state index in [1.807, 2.05) is 20.8 Å². The summed E-state index contributed by atoms with van der Waals surface area (Å²) >= 11 is 0. The third kappa shape index (κ3) is 6.16. The lowest BCUT2D eigenvalue weighted by Crippen LogP contribution is -2.35. The fourth-order valence-corrected chi connectivity index (χ4v) is 0.513. The van der Waals surface area contributed by atoms with Gasteiger partial charge in [-0.3, -0.25) is 4.79 Å². The van der Waals surface area contributed by atoms with Gasteiger partial charge in [0.05, 0.1) is 5.41 Å². The molecule has 0 amide bonds. The predicted octanol–water partition coefficient (Wildman–Crippen LogP) is 1.73. The van der Waals surface area contributed by atoms with Crippen molar-refractivity contribution in [3.05, 3.63) is 0 Å². The molecule has 0 spiro atoms. The zero-order valence-electron chi connectivity index (χ0n) is 8.77. The summed E-state index contributed by atoms with van der Waals surface area (Å²) in [6.45, 7) is 10.7. The molecular weight excluding hydrogens is 154 g/mol. The van der Waals surface area contributed by atoms with Gasteiger partial charge in [-0.05, 0) is 20.4 Å². The van der Waals surface area contributed by atoms with Crippen LogP contribution in [0.1, 0.15) is 34.6 Å². The Morgan fingerprint density at radius 3 is 2.08 bits per heavy atom. The third-order valence-corrected chi connectivity index (χ3v) is 1.40. The molecule has 0 aliphatic heterocycles. The normalized spacial score (nSPS) is 10.1. The van der Waals surface area contributed by atoms with Gasteiger partial charge in [0.1, 0.15) is 0 Å². The number of nitrogens with one attached hydrogen (secondary N) is 1. The van der Waals surface area contributed by atoms with E-state index < -0.39 is 11.4 Å². The lowest BCUT2D eigenvalue weighted by atomic mass is 9.94. The largest absolute Gasteiger partial charge is 0.481 e. The molecule has 0 atom stereocenters. The number of carboxylic acids is 1. The average molecular weight is 175 g/mol. The molecule has 0 fully saturated rings. The van der Waals surface area contributed by atoms with E-state index in [1.54, 1.807) is 13.8 Å². The van der Waals surface area contributed by atoms with Crippen molar-refractivity contribution < 1.29 is 9.90 Å². The first kappa shape index (κ1) is 14.0. The van der Waals surface area contributed by atoms with Gasteiger partial charge in [-0.25, -0.2) is 0 Å². The lowest BCUT2D eigenvalue weighted by Gasteiger charge is -2.18. The number of rotatable bonds is 4. The van der Waals surface area contributed by atoms with Gasteiger partial charge < -0.3 is 10.4 Å². The van der Waals surface area contributed by atoms with E-state index in [0.717, 1.165) is 6.54 Å². The highest BCUT2D eigenvalue weighted by Crippen LogP contribution is 2.12. The molecular formula is C9H21NO2. The molecule has 0 aromatic rings. The van der Waals surface area contributed by atoms with Gasteiger partial charge in [-0.1, -0.05) is 20.8 Å². The number of aliphatic carboxylic acids is 1. The minimum absolute atomic E-state index is 0.527. The second kappa shape index (κ2) is 7.10. The number of carbonyl (C=O) groups is 1. The fourth-order valence-electron chi connectivity index (χ4n) is 0.513. The van der Waals surface area contributed by atoms with Gasteiger partial charge in [0, 0.05) is 6.54 Å². The zero-order valence-corrected chi connectivity index (χ0v) is 8.77. The van der Waals surface area contributed by atoms with Crippen molar-refractivity contribution in [2.24, 2.45) is 5.41 Å². The van der Waals surface area contributed by atoms with Crippen LogP contribution >= 0.6 is 0 Å². The number of hydrogen-bond acceptors (Lipinski definition) is 2. The summed E-state index contributed by atoms with van der Waals surface area (Å²) < 4.78 is 0. The van der Waals surface area contributed by atoms with Gasteiger partial charge >= 0.3 is 5.97 Å². The molecule has 12 heavy (non-hydrogen) atoms. The summed E-state index contributed by atoms with van der Waals surface area (Å²) in [7, 11) is 0. The van der Waals surface area contributed by atoms with Crippen LogP contribution in [0.25, 0.3) is 0 Å². The minimum Gasteiger partial charge on any atom is -0.481 e. The van der Waals surface area contributed by atoms with Gasteiger partial charge in [0.25, 0.3) is 0 Å². The molecule has 0 aliphatic rings. The minimum atomic E-state index is -0.756. The van der Waals surface area contributed by atoms with E-state index in [2.05, 4.69) is 5.32 Å². The average Bonchev–Trinajstić information content (AvgIpc) is 2.04. The van der Waals surface area contributed by atoms with Crippen LogP contribution in [0.3, 0.4) is 0 Å². The molecule has 0 aromatic heterocycles. The highest BCUT2D eigenvalue weighted by Gasteiger charge is 2.25. The predicted molar refractivity (Wildman–Crippen MR) is 51.3 cm³/mol. The molecule has 74 valence electrons. The van der Waals surface area contributed by atoms with Crippen LogP contribution in [-0.4, -0.2) is 24.2 Å². The van der Waals surface area contributed by atoms with Crippen LogP contribution in [0.5, 0.6) is 0 Å². The van der Waals surface area contributed by atoms with E-state index in [9.17, 15) is 4.79 Å². The first-order valence-electron chi connectivity index (χ1n) is 4.45. The van der Waals surface area contributed by atoms with E-state index in [4.69, 9.17) is 5.11 Å². The summed E-state index contributed by atoms with van der Waals surface area (Å²) in [6.07, 6.45) is 0. The Morgan fingerprint density at radius 1 is 1.42 bits per heavy atom. The van der Waals surface area contributed by atoms with Crippen molar-refractivity contribution >= 4 is 5.97 Å². The van der Waals surface area contributed by atoms with E-state index in [0.29, 0.717) is 6.54 Å². The standard InChI is InChI=1S/C7H15NO2.C2H6/c1-4-8-5-7(2,3)6(9)10;1-2/h8H,4-5H2,1-3H3,(H,9,10);1-2H3. The lowest BCUT2D eigenvalue weighted by molar-refractivity contribution is -0.146. The molecule has 0 aromatic carbocycles. The van der Waals surface area contributed by atoms with Crippen LogP contribution < -0.4 is 5.32 Å². The molecule has 0 rings (SSSR count). The van der Waals surface area contributed by atoms with Crippen molar-refractivity contribution in [2.45, 2.75) is 34.6 Å². The Bertz CT molecular complexity index is 122. The molecule has 3 nitrogen and oxygen atoms in total. The van der Waals surface area contributed by atoms with Gasteiger partial charge in [0.15, 0.2) is 0 Å². The van der Waals surface area contributed by atoms with Crippen molar-refractivity contribution in [1.82, 2.24) is 5.32 Å². The van der Waals surface area contributed by atoms with E-state index in [1.165, 1.54) is 0 Å². The van der Waals surface area contributed by atoms with Crippen molar-refractivity contribution in [2.75, 3.05) is 13.1 Å². The Balaban J connectivity index is 0. The fraction of sp³-hybridized carbons (Fsp3) is 0.889. The number of hydrogen-bond donors (Lipinski definition) is 2. The Kier molecular flexibility index (Phi) is 8.27. The summed E-state index contributed by atoms with van der Waals surface area (Å²) in [4.78, 5) is 10.5. The molecule has 0 unspecified atom stereocenters. The van der Waals surface area contributed by atoms with Crippen molar-refractivity contribution in [3.8, 4) is 0 Å². The highest BCUT2D eigenvalue weighted by atomic mass is 16.4. The first-order valence-corrected chi connectivity index (χ1v) is 4.45. The van der Waals surface area contributed by atoms with E-state index >= 15 is 0 Å². The molecule has 0 saturated heterocycles. The van der Waals surface area contributed by atoms with Crippen molar-refractivity contribution in [1.29, 1.82) is 0 Å². The topological polar surface area (TPSA) is 49.3 Å². The third-order valence-electron chi connectivity index (χ3n) is 1.40. The molecule has 2 N–H and O–H groups in total. The monoisotopic (exact) mass is 175 g/mol. The molecule has 3 heteroatoms. The SMILES string of the molecule is CC.CCNCC(C)(C)C(=O)O. The molecule has 0 aliphatic carbocycles. The van der Waals surface area contributed by atoms with Gasteiger partial charge in [-0.15, -0.1) is 0 Å². The first-order chi connectivity index (χ1) is 5.50. The summed E-state index contributed by atoms with van der Waals surface area (Å²) in [5.74, 6) is -0.756. The smallest absolute Gasteiger partial charge is 0.310 e. The summed E-state index contributed by atoms with van der Waals surface area (Å²) in [6, 6.07) is 0. The van der Waals surface area contributed by atoms with E-state index in [-0.39, 0.29) is 0 Å². The summed E-state index contributed by atoms with van der Waals surface area (Å²) in [5, 5.41) is 11.6. The summed E-state index contributed by atoms with van der Waals surface area (Å²) in [5.41, 5.74) is -0.643. The van der Waals surface area contributed by atoms with Crippen LogP contribution in [0.2, 0.25) is 0 Å². The molecule has 0 bridgehead atoms. The van der Waals surface area contributed by atoms with Gasteiger partial charge in [0.2, 0.25) is 0 Å². The van der Waals surface area contributed by atoms with Crippen LogP contribution in [-0.2, 0) is 4.79 Å². The maximum absolute atomic E-state index is 10.5. The highest BCUT2D eigenvalue weighted by molar-refractivity contribution is 5.73. The Hall–Kier alpha value is -0.570. The quantitative estimate of drug-likeness (QED) is 0.684. The maximum atomic E-state index is 10.5. The maximum Gasteiger partial charge on any atom is 0.310 e. The Labute approximate surface area is 75.2 Å². The van der Waals surface area contributed by atoms with Crippen LogP contribution in [0, 0.1) is 5.41 Å².